The highest BCUT2D eigenvalue weighted by atomic mass is 32.2. The molecule has 0 spiro atoms. The zero-order chi connectivity index (χ0) is 18.9. The molecule has 0 atom stereocenters. The third kappa shape index (κ3) is 3.96. The van der Waals surface area contributed by atoms with Crippen molar-refractivity contribution in [2.24, 2.45) is 4.40 Å². The van der Waals surface area contributed by atoms with Crippen LogP contribution in [0, 0.1) is 0 Å². The van der Waals surface area contributed by atoms with Crippen LogP contribution in [0.1, 0.15) is 5.01 Å². The van der Waals surface area contributed by atoms with Gasteiger partial charge in [0, 0.05) is 36.1 Å². The first-order valence-corrected chi connectivity index (χ1v) is 10.6. The van der Waals surface area contributed by atoms with E-state index in [9.17, 15) is 13.2 Å². The first-order valence-electron chi connectivity index (χ1n) is 8.12. The van der Waals surface area contributed by atoms with Gasteiger partial charge in [0.25, 0.3) is 15.9 Å². The van der Waals surface area contributed by atoms with Crippen LogP contribution in [-0.4, -0.2) is 47.3 Å². The van der Waals surface area contributed by atoms with E-state index in [0.29, 0.717) is 18.0 Å². The molecule has 2 aromatic rings. The number of carbonyl (C=O) groups is 1. The molecule has 2 aromatic heterocycles. The van der Waals surface area contributed by atoms with Crippen LogP contribution < -0.4 is 5.32 Å². The van der Waals surface area contributed by atoms with Gasteiger partial charge in [-0.05, 0) is 24.3 Å². The zero-order valence-corrected chi connectivity index (χ0v) is 15.7. The third-order valence-electron chi connectivity index (χ3n) is 4.01. The number of nitrogens with zero attached hydrogens (tertiary/aromatic N) is 4. The minimum Gasteiger partial charge on any atom is -0.345 e. The fourth-order valence-corrected chi connectivity index (χ4v) is 4.35. The Morgan fingerprint density at radius 1 is 1.26 bits per heavy atom. The molecule has 0 saturated carbocycles. The Hall–Kier alpha value is -2.85. The second-order valence-corrected chi connectivity index (χ2v) is 8.59. The van der Waals surface area contributed by atoms with Crippen molar-refractivity contribution in [2.45, 2.75) is 6.54 Å². The lowest BCUT2D eigenvalue weighted by atomic mass is 10.2. The first kappa shape index (κ1) is 17.6. The highest BCUT2D eigenvalue weighted by Crippen LogP contribution is 2.21. The van der Waals surface area contributed by atoms with Crippen molar-refractivity contribution < 1.29 is 13.2 Å². The van der Waals surface area contributed by atoms with Crippen molar-refractivity contribution >= 4 is 33.1 Å². The Balaban J connectivity index is 1.40. The number of carbonyl (C=O) groups excluding carboxylic acids is 1. The highest BCUT2D eigenvalue weighted by molar-refractivity contribution is 7.90. The molecule has 138 valence electrons. The van der Waals surface area contributed by atoms with Gasteiger partial charge >= 0.3 is 0 Å². The number of pyridine rings is 1. The number of hydrogen-bond donors (Lipinski definition) is 1. The van der Waals surface area contributed by atoms with Gasteiger partial charge < -0.3 is 10.2 Å². The van der Waals surface area contributed by atoms with E-state index in [1.165, 1.54) is 17.4 Å². The second-order valence-electron chi connectivity index (χ2n) is 5.89. The molecule has 1 N–H and O–H groups in total. The van der Waals surface area contributed by atoms with E-state index in [4.69, 9.17) is 0 Å². The maximum atomic E-state index is 12.4. The van der Waals surface area contributed by atoms with Gasteiger partial charge in [0.1, 0.15) is 10.8 Å². The molecule has 0 bridgehead atoms. The van der Waals surface area contributed by atoms with E-state index in [0.717, 1.165) is 16.3 Å². The molecular weight excluding hydrogens is 386 g/mol. The zero-order valence-electron chi connectivity index (χ0n) is 14.1. The Labute approximate surface area is 160 Å². The largest absolute Gasteiger partial charge is 0.345 e. The van der Waals surface area contributed by atoms with Gasteiger partial charge in [0.15, 0.2) is 0 Å². The molecule has 2 aliphatic heterocycles. The van der Waals surface area contributed by atoms with Crippen LogP contribution in [0.3, 0.4) is 0 Å². The van der Waals surface area contributed by atoms with Gasteiger partial charge in [0.2, 0.25) is 0 Å². The molecular formula is C17H15N5O3S2. The maximum Gasteiger partial charge on any atom is 0.256 e. The Kier molecular flexibility index (Phi) is 4.58. The summed E-state index contributed by atoms with van der Waals surface area (Å²) in [6, 6.07) is 3.76. The molecule has 27 heavy (non-hydrogen) atoms. The molecule has 4 rings (SSSR count). The van der Waals surface area contributed by atoms with Crippen molar-refractivity contribution in [3.8, 4) is 11.3 Å². The number of thiazole rings is 1. The van der Waals surface area contributed by atoms with Crippen molar-refractivity contribution in [2.75, 3.05) is 12.3 Å². The molecule has 10 heteroatoms. The fourth-order valence-electron chi connectivity index (χ4n) is 2.64. The Morgan fingerprint density at radius 3 is 2.89 bits per heavy atom. The van der Waals surface area contributed by atoms with E-state index in [1.54, 1.807) is 29.6 Å². The standard InChI is InChI=1S/C17H15N5O3S2/c23-17(13-1-2-15-21-27(24,25)8-7-22(15)10-13)19-9-16-20-14(11-26-16)12-3-5-18-6-4-12/h1-6,10-11H,7-9H2,(H,19,23). The molecule has 8 nitrogen and oxygen atoms in total. The topological polar surface area (TPSA) is 105 Å². The number of amidine groups is 1. The highest BCUT2D eigenvalue weighted by Gasteiger charge is 2.24. The number of fused-ring (bicyclic) bond motifs is 1. The summed E-state index contributed by atoms with van der Waals surface area (Å²) in [6.45, 7) is 0.596. The molecule has 0 aromatic carbocycles. The summed E-state index contributed by atoms with van der Waals surface area (Å²) in [7, 11) is -3.40. The lowest BCUT2D eigenvalue weighted by Crippen LogP contribution is -2.38. The first-order chi connectivity index (χ1) is 13.0. The van der Waals surface area contributed by atoms with E-state index in [2.05, 4.69) is 19.7 Å². The summed E-state index contributed by atoms with van der Waals surface area (Å²) in [5.41, 5.74) is 2.27. The predicted octanol–water partition coefficient (Wildman–Crippen LogP) is 1.32. The quantitative estimate of drug-likeness (QED) is 0.829. The summed E-state index contributed by atoms with van der Waals surface area (Å²) in [5.74, 6) is 0.0196. The number of hydrogen-bond acceptors (Lipinski definition) is 7. The normalized spacial score (nSPS) is 17.7. The molecule has 0 fully saturated rings. The van der Waals surface area contributed by atoms with Crippen LogP contribution >= 0.6 is 11.3 Å². The number of sulfonamides is 1. The second kappa shape index (κ2) is 7.05. The van der Waals surface area contributed by atoms with E-state index in [-0.39, 0.29) is 18.2 Å². The number of aromatic nitrogens is 2. The smallest absolute Gasteiger partial charge is 0.256 e. The van der Waals surface area contributed by atoms with Crippen LogP contribution in [0.4, 0.5) is 0 Å². The molecule has 1 amide bonds. The van der Waals surface area contributed by atoms with E-state index in [1.807, 2.05) is 17.5 Å². The third-order valence-corrected chi connectivity index (χ3v) is 6.03. The van der Waals surface area contributed by atoms with Gasteiger partial charge in [-0.25, -0.2) is 13.4 Å². The van der Waals surface area contributed by atoms with E-state index < -0.39 is 10.0 Å². The van der Waals surface area contributed by atoms with Crippen molar-refractivity contribution in [3.05, 3.63) is 58.8 Å². The van der Waals surface area contributed by atoms with Crippen LogP contribution in [0.5, 0.6) is 0 Å². The molecule has 0 saturated heterocycles. The number of amides is 1. The summed E-state index contributed by atoms with van der Waals surface area (Å²) < 4.78 is 26.7. The van der Waals surface area contributed by atoms with Crippen molar-refractivity contribution in [3.63, 3.8) is 0 Å². The maximum absolute atomic E-state index is 12.4. The average Bonchev–Trinajstić information content (AvgIpc) is 3.15. The molecule has 0 aliphatic carbocycles. The molecule has 2 aliphatic rings. The van der Waals surface area contributed by atoms with Gasteiger partial charge in [-0.15, -0.1) is 15.7 Å². The summed E-state index contributed by atoms with van der Waals surface area (Å²) in [5, 5.41) is 5.57. The van der Waals surface area contributed by atoms with Gasteiger partial charge in [0.05, 0.1) is 23.6 Å². The summed E-state index contributed by atoms with van der Waals surface area (Å²) >= 11 is 1.47. The Bertz CT molecular complexity index is 1070. The summed E-state index contributed by atoms with van der Waals surface area (Å²) in [4.78, 5) is 22.6. The number of nitrogens with one attached hydrogen (secondary N) is 1. The van der Waals surface area contributed by atoms with Gasteiger partial charge in [-0.1, -0.05) is 0 Å². The average molecular weight is 401 g/mol. The predicted molar refractivity (Wildman–Crippen MR) is 102 cm³/mol. The number of rotatable bonds is 4. The van der Waals surface area contributed by atoms with Gasteiger partial charge in [-0.3, -0.25) is 9.78 Å². The molecule has 4 heterocycles. The van der Waals surface area contributed by atoms with Crippen molar-refractivity contribution in [1.29, 1.82) is 0 Å². The van der Waals surface area contributed by atoms with E-state index >= 15 is 0 Å². The van der Waals surface area contributed by atoms with Gasteiger partial charge in [-0.2, -0.15) is 0 Å². The molecule has 0 unspecified atom stereocenters. The monoisotopic (exact) mass is 401 g/mol. The van der Waals surface area contributed by atoms with Crippen LogP contribution in [0.25, 0.3) is 11.3 Å². The minimum absolute atomic E-state index is 0.0629. The molecule has 0 radical (unpaired) electrons. The SMILES string of the molecule is O=C(NCc1nc(-c2ccncc2)cs1)C1=CN2CCS(=O)(=O)N=C2C=C1. The van der Waals surface area contributed by atoms with Crippen LogP contribution in [-0.2, 0) is 21.4 Å². The van der Waals surface area contributed by atoms with Crippen molar-refractivity contribution in [1.82, 2.24) is 20.2 Å². The van der Waals surface area contributed by atoms with Crippen LogP contribution in [0.2, 0.25) is 0 Å². The van der Waals surface area contributed by atoms with Crippen LogP contribution in [0.15, 0.2) is 58.2 Å². The lowest BCUT2D eigenvalue weighted by molar-refractivity contribution is -0.117. The lowest BCUT2D eigenvalue weighted by Gasteiger charge is -2.26. The fraction of sp³-hybridized carbons (Fsp3) is 0.176. The minimum atomic E-state index is -3.40. The Morgan fingerprint density at radius 2 is 2.07 bits per heavy atom. The summed E-state index contributed by atoms with van der Waals surface area (Å²) in [6.07, 6.45) is 8.14.